The fourth-order valence-electron chi connectivity index (χ4n) is 2.08. The number of carbonyl (C=O) groups excluding carboxylic acids is 3. The number of carbonyl (C=O) groups is 3. The molecule has 1 heterocycles. The van der Waals surface area contributed by atoms with Gasteiger partial charge in [-0.25, -0.2) is 4.79 Å². The molecule has 0 spiro atoms. The van der Waals surface area contributed by atoms with Gasteiger partial charge in [0.25, 0.3) is 5.91 Å². The Kier molecular flexibility index (Phi) is 5.08. The first-order valence-corrected chi connectivity index (χ1v) is 7.90. The third-order valence-corrected chi connectivity index (χ3v) is 4.67. The van der Waals surface area contributed by atoms with Crippen molar-refractivity contribution < 1.29 is 14.4 Å². The predicted octanol–water partition coefficient (Wildman–Crippen LogP) is 3.31. The minimum atomic E-state index is -0.988. The molecule has 1 fully saturated rings. The van der Waals surface area contributed by atoms with Crippen molar-refractivity contribution in [1.82, 2.24) is 10.2 Å². The Labute approximate surface area is 148 Å². The standard InChI is InChI=1S/C14H14Cl3N3O3/c1-3-14(2)12(22)20(13(23)19-14)6-11(21)18-10-5-8(16)7(15)4-9(10)17/h4-5H,3,6H2,1-2H3,(H,18,21)(H,19,23)/t14-/m1/s1. The molecule has 4 amide bonds. The Hall–Kier alpha value is -1.50. The summed E-state index contributed by atoms with van der Waals surface area (Å²) in [6.45, 7) is 2.97. The van der Waals surface area contributed by atoms with Gasteiger partial charge >= 0.3 is 6.03 Å². The number of nitrogens with one attached hydrogen (secondary N) is 2. The minimum Gasteiger partial charge on any atom is -0.323 e. The average Bonchev–Trinajstić information content (AvgIpc) is 2.69. The van der Waals surface area contributed by atoms with Crippen molar-refractivity contribution in [2.75, 3.05) is 11.9 Å². The second-order valence-corrected chi connectivity index (χ2v) is 6.52. The van der Waals surface area contributed by atoms with Gasteiger partial charge in [0.05, 0.1) is 20.8 Å². The third kappa shape index (κ3) is 3.54. The van der Waals surface area contributed by atoms with Crippen LogP contribution in [0.5, 0.6) is 0 Å². The first-order valence-electron chi connectivity index (χ1n) is 6.76. The van der Waals surface area contributed by atoms with Crippen molar-refractivity contribution in [3.8, 4) is 0 Å². The van der Waals surface area contributed by atoms with Gasteiger partial charge in [0.2, 0.25) is 5.91 Å². The first-order chi connectivity index (χ1) is 10.7. The summed E-state index contributed by atoms with van der Waals surface area (Å²) in [5.74, 6) is -1.02. The van der Waals surface area contributed by atoms with Gasteiger partial charge in [-0.15, -0.1) is 0 Å². The SMILES string of the molecule is CC[C@@]1(C)NC(=O)N(CC(=O)Nc2cc(Cl)c(Cl)cc2Cl)C1=O. The Bertz CT molecular complexity index is 695. The summed E-state index contributed by atoms with van der Waals surface area (Å²) < 4.78 is 0. The summed E-state index contributed by atoms with van der Waals surface area (Å²) in [6, 6.07) is 2.18. The summed E-state index contributed by atoms with van der Waals surface area (Å²) in [4.78, 5) is 37.0. The van der Waals surface area contributed by atoms with Crippen LogP contribution in [0.3, 0.4) is 0 Å². The molecule has 23 heavy (non-hydrogen) atoms. The smallest absolute Gasteiger partial charge is 0.323 e. The van der Waals surface area contributed by atoms with E-state index in [1.54, 1.807) is 13.8 Å². The molecule has 2 N–H and O–H groups in total. The lowest BCUT2D eigenvalue weighted by atomic mass is 9.99. The van der Waals surface area contributed by atoms with Crippen LogP contribution in [-0.4, -0.2) is 34.8 Å². The highest BCUT2D eigenvalue weighted by molar-refractivity contribution is 6.44. The number of amides is 4. The van der Waals surface area contributed by atoms with Gasteiger partial charge in [-0.2, -0.15) is 0 Å². The molecule has 0 aromatic heterocycles. The van der Waals surface area contributed by atoms with Gasteiger partial charge in [0.15, 0.2) is 0 Å². The molecule has 1 saturated heterocycles. The van der Waals surface area contributed by atoms with Crippen LogP contribution in [0.25, 0.3) is 0 Å². The summed E-state index contributed by atoms with van der Waals surface area (Å²) >= 11 is 17.7. The first kappa shape index (κ1) is 17.8. The van der Waals surface area contributed by atoms with Crippen molar-refractivity contribution >= 4 is 58.3 Å². The van der Waals surface area contributed by atoms with E-state index < -0.39 is 29.9 Å². The maximum Gasteiger partial charge on any atom is 0.325 e. The Morgan fingerprint density at radius 2 is 1.83 bits per heavy atom. The molecule has 0 saturated carbocycles. The highest BCUT2D eigenvalue weighted by Crippen LogP contribution is 2.32. The molecule has 2 rings (SSSR count). The summed E-state index contributed by atoms with van der Waals surface area (Å²) in [6.07, 6.45) is 0.425. The van der Waals surface area contributed by atoms with Crippen LogP contribution < -0.4 is 10.6 Å². The van der Waals surface area contributed by atoms with E-state index in [-0.39, 0.29) is 20.8 Å². The number of imide groups is 1. The van der Waals surface area contributed by atoms with Gasteiger partial charge in [-0.3, -0.25) is 14.5 Å². The molecular formula is C14H14Cl3N3O3. The van der Waals surface area contributed by atoms with Crippen molar-refractivity contribution in [2.45, 2.75) is 25.8 Å². The lowest BCUT2D eigenvalue weighted by Gasteiger charge is -2.19. The van der Waals surface area contributed by atoms with Crippen LogP contribution in [0.4, 0.5) is 10.5 Å². The number of benzene rings is 1. The number of hydrogen-bond acceptors (Lipinski definition) is 3. The maximum atomic E-state index is 12.2. The van der Waals surface area contributed by atoms with Crippen LogP contribution in [0.2, 0.25) is 15.1 Å². The number of nitrogens with zero attached hydrogens (tertiary/aromatic N) is 1. The zero-order valence-corrected chi connectivity index (χ0v) is 14.6. The molecule has 124 valence electrons. The van der Waals surface area contributed by atoms with Crippen molar-refractivity contribution in [3.63, 3.8) is 0 Å². The normalized spacial score (nSPS) is 20.7. The van der Waals surface area contributed by atoms with E-state index in [1.165, 1.54) is 12.1 Å². The molecular weight excluding hydrogens is 365 g/mol. The minimum absolute atomic E-state index is 0.198. The molecule has 1 aromatic carbocycles. The topological polar surface area (TPSA) is 78.5 Å². The molecule has 1 atom stereocenters. The van der Waals surface area contributed by atoms with Crippen LogP contribution >= 0.6 is 34.8 Å². The van der Waals surface area contributed by atoms with E-state index >= 15 is 0 Å². The zero-order valence-electron chi connectivity index (χ0n) is 12.4. The Morgan fingerprint density at radius 3 is 2.39 bits per heavy atom. The molecule has 0 bridgehead atoms. The van der Waals surface area contributed by atoms with E-state index in [1.807, 2.05) is 0 Å². The zero-order chi connectivity index (χ0) is 17.4. The number of halogens is 3. The van der Waals surface area contributed by atoms with Crippen molar-refractivity contribution in [2.24, 2.45) is 0 Å². The van der Waals surface area contributed by atoms with Crippen LogP contribution in [0.15, 0.2) is 12.1 Å². The third-order valence-electron chi connectivity index (χ3n) is 3.64. The van der Waals surface area contributed by atoms with Gasteiger partial charge in [0, 0.05) is 0 Å². The van der Waals surface area contributed by atoms with E-state index in [4.69, 9.17) is 34.8 Å². The van der Waals surface area contributed by atoms with E-state index in [0.29, 0.717) is 6.42 Å². The molecule has 1 aliphatic rings. The second-order valence-electron chi connectivity index (χ2n) is 5.30. The average molecular weight is 379 g/mol. The lowest BCUT2D eigenvalue weighted by molar-refractivity contribution is -0.133. The van der Waals surface area contributed by atoms with Gasteiger partial charge in [-0.05, 0) is 25.5 Å². The number of hydrogen-bond donors (Lipinski definition) is 2. The number of rotatable bonds is 4. The molecule has 6 nitrogen and oxygen atoms in total. The molecule has 0 unspecified atom stereocenters. The highest BCUT2D eigenvalue weighted by atomic mass is 35.5. The van der Waals surface area contributed by atoms with E-state index in [0.717, 1.165) is 4.90 Å². The van der Waals surface area contributed by atoms with Crippen molar-refractivity contribution in [3.05, 3.63) is 27.2 Å². The van der Waals surface area contributed by atoms with E-state index in [9.17, 15) is 14.4 Å². The van der Waals surface area contributed by atoms with Gasteiger partial charge in [0.1, 0.15) is 12.1 Å². The van der Waals surface area contributed by atoms with Gasteiger partial charge < -0.3 is 10.6 Å². The predicted molar refractivity (Wildman–Crippen MR) is 89.0 cm³/mol. The number of anilines is 1. The fraction of sp³-hybridized carbons (Fsp3) is 0.357. The van der Waals surface area contributed by atoms with Crippen LogP contribution in [0, 0.1) is 0 Å². The van der Waals surface area contributed by atoms with E-state index in [2.05, 4.69) is 10.6 Å². The highest BCUT2D eigenvalue weighted by Gasteiger charge is 2.46. The summed E-state index contributed by atoms with van der Waals surface area (Å²) in [7, 11) is 0. The Balaban J connectivity index is 2.10. The molecule has 0 radical (unpaired) electrons. The fourth-order valence-corrected chi connectivity index (χ4v) is 2.68. The largest absolute Gasteiger partial charge is 0.325 e. The monoisotopic (exact) mass is 377 g/mol. The summed E-state index contributed by atoms with van der Waals surface area (Å²) in [5.41, 5.74) is -0.741. The quantitative estimate of drug-likeness (QED) is 0.623. The molecule has 9 heteroatoms. The van der Waals surface area contributed by atoms with Gasteiger partial charge in [-0.1, -0.05) is 41.7 Å². The number of urea groups is 1. The lowest BCUT2D eigenvalue weighted by Crippen LogP contribution is -2.44. The van der Waals surface area contributed by atoms with Crippen molar-refractivity contribution in [1.29, 1.82) is 0 Å². The Morgan fingerprint density at radius 1 is 1.22 bits per heavy atom. The molecule has 1 aliphatic heterocycles. The molecule has 0 aliphatic carbocycles. The molecule has 1 aromatic rings. The van der Waals surface area contributed by atoms with Crippen LogP contribution in [-0.2, 0) is 9.59 Å². The second kappa shape index (κ2) is 6.55. The maximum absolute atomic E-state index is 12.2. The summed E-state index contributed by atoms with van der Waals surface area (Å²) in [5, 5.41) is 5.75. The van der Waals surface area contributed by atoms with Crippen LogP contribution in [0.1, 0.15) is 20.3 Å².